The number of aromatic amines is 1. The number of H-pyrrole nitrogens is 1. The molecule has 1 aromatic heterocycles. The number of alkyl halides is 1. The van der Waals surface area contributed by atoms with Gasteiger partial charge in [0.1, 0.15) is 31.4 Å². The number of carbonyl (C=O) groups is 4. The predicted octanol–water partition coefficient (Wildman–Crippen LogP) is 1.54. The lowest BCUT2D eigenvalue weighted by Crippen LogP contribution is -2.58. The quantitative estimate of drug-likeness (QED) is 0.303. The number of para-hydroxylation sites is 1. The van der Waals surface area contributed by atoms with Gasteiger partial charge in [0.05, 0.1) is 18.8 Å². The summed E-state index contributed by atoms with van der Waals surface area (Å²) in [5.41, 5.74) is 3.47. The van der Waals surface area contributed by atoms with Crippen molar-refractivity contribution >= 4 is 29.3 Å². The number of carbonyl (C=O) groups excluding carboxylic acids is 4. The Morgan fingerprint density at radius 1 is 1.21 bits per heavy atom. The number of amides is 4. The molecule has 0 saturated heterocycles. The molecule has 2 aliphatic heterocycles. The van der Waals surface area contributed by atoms with Crippen molar-refractivity contribution in [1.82, 2.24) is 20.9 Å². The molecule has 0 saturated carbocycles. The first-order valence-electron chi connectivity index (χ1n) is 13.4. The van der Waals surface area contributed by atoms with E-state index in [-0.39, 0.29) is 30.9 Å². The largest absolute Gasteiger partial charge is 0.369 e. The van der Waals surface area contributed by atoms with Gasteiger partial charge < -0.3 is 25.7 Å². The molecule has 4 rings (SSSR count). The van der Waals surface area contributed by atoms with E-state index in [1.54, 1.807) is 6.20 Å². The van der Waals surface area contributed by atoms with Gasteiger partial charge in [0, 0.05) is 18.3 Å². The van der Waals surface area contributed by atoms with E-state index in [9.17, 15) is 23.6 Å². The molecular weight excluding hydrogens is 505 g/mol. The fraction of sp³-hybridized carbons (Fsp3) is 0.500. The Hall–Kier alpha value is -3.73. The molecular formula is C28H36FN5O5. The second-order valence-corrected chi connectivity index (χ2v) is 10.0. The molecule has 10 nitrogen and oxygen atoms in total. The van der Waals surface area contributed by atoms with Gasteiger partial charge in [0.15, 0.2) is 0 Å². The average molecular weight is 542 g/mol. The Labute approximate surface area is 227 Å². The molecule has 210 valence electrons. The Kier molecular flexibility index (Phi) is 9.34. The summed E-state index contributed by atoms with van der Waals surface area (Å²) < 4.78 is 17.3. The number of nitrogens with one attached hydrogen (secondary N) is 4. The Morgan fingerprint density at radius 2 is 2.00 bits per heavy atom. The third-order valence-electron chi connectivity index (χ3n) is 7.41. The first kappa shape index (κ1) is 28.3. The SMILES string of the molecule is CC[C@H](C)[C@H](NC(=O)COCCF)C(=O)N[C@H]1CCc2cccc3c2N(C1=O)[C@H](C(=O)NCc1ccc[nH]1)C3. The molecule has 2 aromatic rings. The number of aromatic nitrogens is 1. The highest BCUT2D eigenvalue weighted by atomic mass is 19.1. The van der Waals surface area contributed by atoms with Crippen LogP contribution in [0.2, 0.25) is 0 Å². The van der Waals surface area contributed by atoms with Crippen molar-refractivity contribution in [2.24, 2.45) is 5.92 Å². The van der Waals surface area contributed by atoms with E-state index in [0.29, 0.717) is 32.2 Å². The summed E-state index contributed by atoms with van der Waals surface area (Å²) in [4.78, 5) is 57.5. The maximum absolute atomic E-state index is 13.9. The van der Waals surface area contributed by atoms with Crippen molar-refractivity contribution < 1.29 is 28.3 Å². The van der Waals surface area contributed by atoms with Gasteiger partial charge >= 0.3 is 0 Å². The van der Waals surface area contributed by atoms with E-state index < -0.39 is 36.6 Å². The zero-order valence-corrected chi connectivity index (χ0v) is 22.3. The summed E-state index contributed by atoms with van der Waals surface area (Å²) in [5, 5.41) is 8.43. The van der Waals surface area contributed by atoms with Crippen LogP contribution in [0, 0.1) is 5.92 Å². The fourth-order valence-electron chi connectivity index (χ4n) is 5.15. The zero-order chi connectivity index (χ0) is 27.9. The van der Waals surface area contributed by atoms with Gasteiger partial charge in [-0.2, -0.15) is 0 Å². The number of benzene rings is 1. The zero-order valence-electron chi connectivity index (χ0n) is 22.3. The first-order valence-corrected chi connectivity index (χ1v) is 13.4. The molecule has 0 radical (unpaired) electrons. The molecule has 39 heavy (non-hydrogen) atoms. The van der Waals surface area contributed by atoms with E-state index in [1.165, 1.54) is 4.90 Å². The van der Waals surface area contributed by atoms with Gasteiger partial charge in [-0.15, -0.1) is 0 Å². The molecule has 4 atom stereocenters. The number of aryl methyl sites for hydroxylation is 1. The van der Waals surface area contributed by atoms with Gasteiger partial charge in [0.2, 0.25) is 23.6 Å². The van der Waals surface area contributed by atoms with Crippen LogP contribution in [0.1, 0.15) is 43.5 Å². The van der Waals surface area contributed by atoms with Crippen molar-refractivity contribution in [2.75, 3.05) is 24.8 Å². The average Bonchev–Trinajstić information content (AvgIpc) is 3.57. The third kappa shape index (κ3) is 6.47. The molecule has 2 aliphatic rings. The lowest BCUT2D eigenvalue weighted by atomic mass is 9.97. The molecule has 11 heteroatoms. The summed E-state index contributed by atoms with van der Waals surface area (Å²) in [7, 11) is 0. The molecule has 0 fully saturated rings. The van der Waals surface area contributed by atoms with Crippen LogP contribution in [0.3, 0.4) is 0 Å². The van der Waals surface area contributed by atoms with E-state index in [2.05, 4.69) is 20.9 Å². The molecule has 0 spiro atoms. The lowest BCUT2D eigenvalue weighted by Gasteiger charge is -2.30. The van der Waals surface area contributed by atoms with Crippen LogP contribution >= 0.6 is 0 Å². The van der Waals surface area contributed by atoms with Gasteiger partial charge in [-0.1, -0.05) is 38.5 Å². The second kappa shape index (κ2) is 12.9. The number of ether oxygens (including phenoxy) is 1. The van der Waals surface area contributed by atoms with Crippen LogP contribution in [-0.4, -0.2) is 66.6 Å². The lowest BCUT2D eigenvalue weighted by molar-refractivity contribution is -0.134. The van der Waals surface area contributed by atoms with Crippen molar-refractivity contribution in [3.63, 3.8) is 0 Å². The van der Waals surface area contributed by atoms with Crippen molar-refractivity contribution in [3.05, 3.63) is 53.3 Å². The maximum atomic E-state index is 13.9. The van der Waals surface area contributed by atoms with E-state index in [1.807, 2.05) is 44.2 Å². The molecule has 3 heterocycles. The maximum Gasteiger partial charge on any atom is 0.250 e. The Morgan fingerprint density at radius 3 is 2.72 bits per heavy atom. The van der Waals surface area contributed by atoms with Crippen LogP contribution in [0.15, 0.2) is 36.5 Å². The highest BCUT2D eigenvalue weighted by molar-refractivity contribution is 6.08. The normalized spacial score (nSPS) is 19.6. The van der Waals surface area contributed by atoms with Crippen LogP contribution in [-0.2, 0) is 43.3 Å². The summed E-state index contributed by atoms with van der Waals surface area (Å²) in [6.45, 7) is 2.75. The minimum absolute atomic E-state index is 0.206. The number of nitrogens with zero attached hydrogens (tertiary/aromatic N) is 1. The monoisotopic (exact) mass is 541 g/mol. The number of anilines is 1. The number of halogens is 1. The van der Waals surface area contributed by atoms with E-state index >= 15 is 0 Å². The Balaban J connectivity index is 1.50. The van der Waals surface area contributed by atoms with Crippen molar-refractivity contribution in [3.8, 4) is 0 Å². The third-order valence-corrected chi connectivity index (χ3v) is 7.41. The highest BCUT2D eigenvalue weighted by Crippen LogP contribution is 2.39. The summed E-state index contributed by atoms with van der Waals surface area (Å²) >= 11 is 0. The van der Waals surface area contributed by atoms with Crippen LogP contribution < -0.4 is 20.9 Å². The van der Waals surface area contributed by atoms with Crippen molar-refractivity contribution in [2.45, 2.75) is 64.2 Å². The predicted molar refractivity (Wildman–Crippen MR) is 142 cm³/mol. The minimum atomic E-state index is -0.899. The van der Waals surface area contributed by atoms with Crippen LogP contribution in [0.4, 0.5) is 10.1 Å². The van der Waals surface area contributed by atoms with E-state index in [0.717, 1.165) is 22.5 Å². The van der Waals surface area contributed by atoms with E-state index in [4.69, 9.17) is 4.74 Å². The molecule has 0 aliphatic carbocycles. The smallest absolute Gasteiger partial charge is 0.250 e. The fourth-order valence-corrected chi connectivity index (χ4v) is 5.15. The minimum Gasteiger partial charge on any atom is -0.369 e. The van der Waals surface area contributed by atoms with Crippen molar-refractivity contribution in [1.29, 1.82) is 0 Å². The topological polar surface area (TPSA) is 133 Å². The summed E-state index contributed by atoms with van der Waals surface area (Å²) in [6, 6.07) is 7.00. The highest BCUT2D eigenvalue weighted by Gasteiger charge is 2.44. The van der Waals surface area contributed by atoms with Gasteiger partial charge in [-0.3, -0.25) is 24.1 Å². The van der Waals surface area contributed by atoms with Gasteiger partial charge in [-0.05, 0) is 42.0 Å². The number of rotatable bonds is 12. The molecule has 0 bridgehead atoms. The van der Waals surface area contributed by atoms with Crippen LogP contribution in [0.25, 0.3) is 0 Å². The first-order chi connectivity index (χ1) is 18.8. The summed E-state index contributed by atoms with van der Waals surface area (Å²) in [6.07, 6.45) is 3.67. The molecule has 4 N–H and O–H groups in total. The van der Waals surface area contributed by atoms with Crippen LogP contribution in [0.5, 0.6) is 0 Å². The molecule has 0 unspecified atom stereocenters. The van der Waals surface area contributed by atoms with Gasteiger partial charge in [-0.25, -0.2) is 4.39 Å². The molecule has 4 amide bonds. The second-order valence-electron chi connectivity index (χ2n) is 10.0. The number of hydrogen-bond acceptors (Lipinski definition) is 5. The molecule has 1 aromatic carbocycles. The van der Waals surface area contributed by atoms with Gasteiger partial charge in [0.25, 0.3) is 0 Å². The Bertz CT molecular complexity index is 1190. The number of hydrogen-bond donors (Lipinski definition) is 4. The standard InChI is InChI=1S/C28H36FN5O5/c1-3-17(2)24(33-23(35)16-39-13-11-29)27(37)32-21-10-9-18-6-4-7-19-14-22(34(25(18)19)28(21)38)26(36)31-15-20-8-5-12-30-20/h4-8,12,17,21-22,24,30H,3,9-11,13-16H2,1-2H3,(H,31,36)(H,32,37)(H,33,35)/t17-,21-,22-,24-/m0/s1. The summed E-state index contributed by atoms with van der Waals surface area (Å²) in [5.74, 6) is -1.87.